The molecule has 4 nitrogen and oxygen atoms in total. The molecule has 2 fully saturated rings. The molecule has 0 aromatic heterocycles. The summed E-state index contributed by atoms with van der Waals surface area (Å²) in [6, 6.07) is 6.92. The van der Waals surface area contributed by atoms with E-state index in [1.54, 1.807) is 11.8 Å². The lowest BCUT2D eigenvalue weighted by molar-refractivity contribution is 0.231. The van der Waals surface area contributed by atoms with Gasteiger partial charge in [-0.15, -0.1) is 11.8 Å². The average Bonchev–Trinajstić information content (AvgIpc) is 2.93. The van der Waals surface area contributed by atoms with E-state index in [0.29, 0.717) is 6.04 Å². The standard InChI is InChI=1S/C15H22N4S/c1-20-13-6-2-5-12(14(13)15(16)17)19-9-8-18-7-3-4-11(18)10-19/h2,5-6,11H,3-4,7-10H2,1H3,(H3,16,17). The highest BCUT2D eigenvalue weighted by molar-refractivity contribution is 7.98. The van der Waals surface area contributed by atoms with E-state index in [4.69, 9.17) is 11.1 Å². The highest BCUT2D eigenvalue weighted by atomic mass is 32.2. The summed E-state index contributed by atoms with van der Waals surface area (Å²) < 4.78 is 0. The maximum atomic E-state index is 7.91. The second kappa shape index (κ2) is 5.66. The predicted molar refractivity (Wildman–Crippen MR) is 86.0 cm³/mol. The van der Waals surface area contributed by atoms with E-state index in [9.17, 15) is 0 Å². The van der Waals surface area contributed by atoms with E-state index in [1.165, 1.54) is 19.4 Å². The normalized spacial score (nSPS) is 22.9. The van der Waals surface area contributed by atoms with Gasteiger partial charge in [-0.1, -0.05) is 6.07 Å². The van der Waals surface area contributed by atoms with Crippen LogP contribution in [0.4, 0.5) is 5.69 Å². The molecule has 2 aliphatic rings. The van der Waals surface area contributed by atoms with Gasteiger partial charge in [0.1, 0.15) is 5.84 Å². The molecule has 2 saturated heterocycles. The van der Waals surface area contributed by atoms with Crippen LogP contribution in [0.5, 0.6) is 0 Å². The Morgan fingerprint density at radius 3 is 2.95 bits per heavy atom. The van der Waals surface area contributed by atoms with E-state index in [1.807, 2.05) is 6.26 Å². The number of thioether (sulfide) groups is 1. The highest BCUT2D eigenvalue weighted by Crippen LogP contribution is 2.32. The van der Waals surface area contributed by atoms with Crippen molar-refractivity contribution < 1.29 is 0 Å². The predicted octanol–water partition coefficient (Wildman–Crippen LogP) is 1.98. The van der Waals surface area contributed by atoms with Gasteiger partial charge in [0.2, 0.25) is 0 Å². The maximum absolute atomic E-state index is 7.91. The van der Waals surface area contributed by atoms with Gasteiger partial charge in [0.05, 0.1) is 5.56 Å². The molecule has 1 aromatic rings. The van der Waals surface area contributed by atoms with Gasteiger partial charge in [-0.05, 0) is 37.8 Å². The number of piperazine rings is 1. The van der Waals surface area contributed by atoms with Crippen LogP contribution in [0.2, 0.25) is 0 Å². The molecule has 3 rings (SSSR count). The summed E-state index contributed by atoms with van der Waals surface area (Å²) in [7, 11) is 0. The van der Waals surface area contributed by atoms with Crippen LogP contribution in [0.1, 0.15) is 18.4 Å². The van der Waals surface area contributed by atoms with Gasteiger partial charge in [-0.2, -0.15) is 0 Å². The van der Waals surface area contributed by atoms with Gasteiger partial charge in [0, 0.05) is 36.3 Å². The molecule has 1 unspecified atom stereocenters. The lowest BCUT2D eigenvalue weighted by Crippen LogP contribution is -2.50. The molecule has 0 amide bonds. The number of fused-ring (bicyclic) bond motifs is 1. The molecule has 0 aliphatic carbocycles. The largest absolute Gasteiger partial charge is 0.384 e. The second-order valence-corrected chi connectivity index (χ2v) is 6.39. The van der Waals surface area contributed by atoms with Gasteiger partial charge < -0.3 is 10.6 Å². The number of nitrogens with zero attached hydrogens (tertiary/aromatic N) is 2. The minimum absolute atomic E-state index is 0.179. The average molecular weight is 290 g/mol. The summed E-state index contributed by atoms with van der Waals surface area (Å²) in [6.07, 6.45) is 4.66. The van der Waals surface area contributed by atoms with Gasteiger partial charge in [-0.3, -0.25) is 10.3 Å². The summed E-state index contributed by atoms with van der Waals surface area (Å²) in [4.78, 5) is 6.12. The van der Waals surface area contributed by atoms with Crippen molar-refractivity contribution in [1.82, 2.24) is 4.90 Å². The minimum Gasteiger partial charge on any atom is -0.384 e. The molecule has 2 aliphatic heterocycles. The van der Waals surface area contributed by atoms with E-state index < -0.39 is 0 Å². The van der Waals surface area contributed by atoms with Crippen LogP contribution >= 0.6 is 11.8 Å². The van der Waals surface area contributed by atoms with Gasteiger partial charge in [-0.25, -0.2) is 0 Å². The fourth-order valence-electron chi connectivity index (χ4n) is 3.43. The van der Waals surface area contributed by atoms with Gasteiger partial charge in [0.25, 0.3) is 0 Å². The molecule has 5 heteroatoms. The molecular formula is C15H22N4S. The molecular weight excluding hydrogens is 268 g/mol. The van der Waals surface area contributed by atoms with E-state index in [0.717, 1.165) is 35.8 Å². The lowest BCUT2D eigenvalue weighted by Gasteiger charge is -2.39. The molecule has 0 saturated carbocycles. The summed E-state index contributed by atoms with van der Waals surface area (Å²) in [5, 5.41) is 7.91. The zero-order chi connectivity index (χ0) is 14.1. The number of amidine groups is 1. The number of anilines is 1. The number of nitrogens with two attached hydrogens (primary N) is 1. The molecule has 1 atom stereocenters. The van der Waals surface area contributed by atoms with Crippen molar-refractivity contribution in [1.29, 1.82) is 5.41 Å². The molecule has 0 spiro atoms. The molecule has 3 N–H and O–H groups in total. The number of rotatable bonds is 3. The Kier molecular flexibility index (Phi) is 3.89. The third-order valence-electron chi connectivity index (χ3n) is 4.42. The SMILES string of the molecule is CSc1cccc(N2CCN3CCCC3C2)c1C(=N)N. The van der Waals surface area contributed by atoms with Crippen LogP contribution in [-0.2, 0) is 0 Å². The second-order valence-electron chi connectivity index (χ2n) is 5.55. The van der Waals surface area contributed by atoms with Crippen molar-refractivity contribution in [2.45, 2.75) is 23.8 Å². The van der Waals surface area contributed by atoms with Crippen molar-refractivity contribution in [2.24, 2.45) is 5.73 Å². The fourth-order valence-corrected chi connectivity index (χ4v) is 4.07. The Labute approximate surface area is 124 Å². The van der Waals surface area contributed by atoms with Crippen LogP contribution < -0.4 is 10.6 Å². The summed E-state index contributed by atoms with van der Waals surface area (Å²) >= 11 is 1.66. The van der Waals surface area contributed by atoms with Crippen molar-refractivity contribution in [2.75, 3.05) is 37.3 Å². The minimum atomic E-state index is 0.179. The first-order chi connectivity index (χ1) is 9.70. The van der Waals surface area contributed by atoms with Crippen molar-refractivity contribution in [3.8, 4) is 0 Å². The quantitative estimate of drug-likeness (QED) is 0.508. The molecule has 2 heterocycles. The first-order valence-electron chi connectivity index (χ1n) is 7.21. The summed E-state index contributed by atoms with van der Waals surface area (Å²) in [5.74, 6) is 0.179. The summed E-state index contributed by atoms with van der Waals surface area (Å²) in [6.45, 7) is 4.49. The number of hydrogen-bond acceptors (Lipinski definition) is 4. The van der Waals surface area contributed by atoms with Gasteiger partial charge >= 0.3 is 0 Å². The van der Waals surface area contributed by atoms with Crippen molar-refractivity contribution in [3.63, 3.8) is 0 Å². The topological polar surface area (TPSA) is 56.4 Å². The van der Waals surface area contributed by atoms with Gasteiger partial charge in [0.15, 0.2) is 0 Å². The third-order valence-corrected chi connectivity index (χ3v) is 5.20. The first-order valence-corrected chi connectivity index (χ1v) is 8.43. The number of nitrogen functional groups attached to an aromatic ring is 1. The molecule has 0 bridgehead atoms. The Morgan fingerprint density at radius 1 is 1.35 bits per heavy atom. The Hall–Kier alpha value is -1.20. The Morgan fingerprint density at radius 2 is 2.20 bits per heavy atom. The molecule has 108 valence electrons. The van der Waals surface area contributed by atoms with Crippen LogP contribution in [0.3, 0.4) is 0 Å². The number of nitrogens with one attached hydrogen (secondary N) is 1. The third kappa shape index (κ3) is 2.40. The maximum Gasteiger partial charge on any atom is 0.126 e. The first kappa shape index (κ1) is 13.8. The molecule has 20 heavy (non-hydrogen) atoms. The van der Waals surface area contributed by atoms with Crippen molar-refractivity contribution >= 4 is 23.3 Å². The van der Waals surface area contributed by atoms with E-state index >= 15 is 0 Å². The molecule has 0 radical (unpaired) electrons. The Bertz CT molecular complexity index is 517. The van der Waals surface area contributed by atoms with Crippen LogP contribution in [-0.4, -0.2) is 49.2 Å². The van der Waals surface area contributed by atoms with Crippen molar-refractivity contribution in [3.05, 3.63) is 23.8 Å². The summed E-state index contributed by atoms with van der Waals surface area (Å²) in [5.41, 5.74) is 7.88. The number of hydrogen-bond donors (Lipinski definition) is 2. The molecule has 1 aromatic carbocycles. The van der Waals surface area contributed by atoms with Crippen LogP contribution in [0.15, 0.2) is 23.1 Å². The lowest BCUT2D eigenvalue weighted by atomic mass is 10.1. The van der Waals surface area contributed by atoms with E-state index in [-0.39, 0.29) is 5.84 Å². The highest BCUT2D eigenvalue weighted by Gasteiger charge is 2.31. The fraction of sp³-hybridized carbons (Fsp3) is 0.533. The van der Waals surface area contributed by atoms with Crippen LogP contribution in [0, 0.1) is 5.41 Å². The number of benzene rings is 1. The van der Waals surface area contributed by atoms with Crippen LogP contribution in [0.25, 0.3) is 0 Å². The van der Waals surface area contributed by atoms with E-state index in [2.05, 4.69) is 28.0 Å². The smallest absolute Gasteiger partial charge is 0.126 e. The zero-order valence-corrected chi connectivity index (χ0v) is 12.7. The monoisotopic (exact) mass is 290 g/mol. The zero-order valence-electron chi connectivity index (χ0n) is 11.9. The Balaban J connectivity index is 1.91.